The third-order valence-corrected chi connectivity index (χ3v) is 5.67. The van der Waals surface area contributed by atoms with Crippen molar-refractivity contribution in [1.82, 2.24) is 5.32 Å². The van der Waals surface area contributed by atoms with Crippen molar-refractivity contribution in [3.63, 3.8) is 0 Å². The summed E-state index contributed by atoms with van der Waals surface area (Å²) in [7, 11) is -0.725. The van der Waals surface area contributed by atoms with Gasteiger partial charge in [0.25, 0.3) is 0 Å². The predicted molar refractivity (Wildman–Crippen MR) is 76.3 cm³/mol. The molecule has 3 atom stereocenters. The fraction of sp³-hybridized carbons (Fsp3) is 1.00. The van der Waals surface area contributed by atoms with E-state index in [0.717, 1.165) is 43.4 Å². The van der Waals surface area contributed by atoms with Crippen LogP contribution in [0.2, 0.25) is 0 Å². The molecule has 1 aliphatic heterocycles. The minimum absolute atomic E-state index is 0.261. The monoisotopic (exact) mass is 273 g/mol. The SMILES string of the molecule is CCNC(CS(=O)CC1CCCO1)C1CCCC1. The highest BCUT2D eigenvalue weighted by molar-refractivity contribution is 7.85. The summed E-state index contributed by atoms with van der Waals surface area (Å²) in [6.07, 6.45) is 7.83. The Kier molecular flexibility index (Phi) is 6.12. The van der Waals surface area contributed by atoms with Gasteiger partial charge in [-0.1, -0.05) is 19.8 Å². The van der Waals surface area contributed by atoms with Crippen LogP contribution < -0.4 is 5.32 Å². The first-order valence-electron chi connectivity index (χ1n) is 7.49. The molecule has 2 aliphatic rings. The average Bonchev–Trinajstić information content (AvgIpc) is 3.00. The Hall–Kier alpha value is 0.0700. The summed E-state index contributed by atoms with van der Waals surface area (Å²) < 4.78 is 17.8. The van der Waals surface area contributed by atoms with Crippen molar-refractivity contribution < 1.29 is 8.95 Å². The first kappa shape index (κ1) is 14.5. The van der Waals surface area contributed by atoms with Gasteiger partial charge in [-0.15, -0.1) is 0 Å². The molecule has 2 rings (SSSR count). The quantitative estimate of drug-likeness (QED) is 0.772. The van der Waals surface area contributed by atoms with E-state index in [2.05, 4.69) is 12.2 Å². The highest BCUT2D eigenvalue weighted by Gasteiger charge is 2.27. The van der Waals surface area contributed by atoms with Crippen LogP contribution in [0.25, 0.3) is 0 Å². The van der Waals surface area contributed by atoms with Crippen LogP contribution in [0.15, 0.2) is 0 Å². The molecule has 2 fully saturated rings. The Morgan fingerprint density at radius 1 is 1.28 bits per heavy atom. The maximum absolute atomic E-state index is 12.2. The number of rotatable bonds is 7. The molecule has 1 N–H and O–H groups in total. The zero-order chi connectivity index (χ0) is 12.8. The van der Waals surface area contributed by atoms with Gasteiger partial charge < -0.3 is 10.1 Å². The number of hydrogen-bond acceptors (Lipinski definition) is 3. The molecule has 1 saturated carbocycles. The highest BCUT2D eigenvalue weighted by atomic mass is 32.2. The summed E-state index contributed by atoms with van der Waals surface area (Å²) in [6.45, 7) is 3.99. The van der Waals surface area contributed by atoms with Crippen molar-refractivity contribution in [2.75, 3.05) is 24.7 Å². The van der Waals surface area contributed by atoms with Crippen LogP contribution >= 0.6 is 0 Å². The van der Waals surface area contributed by atoms with E-state index in [-0.39, 0.29) is 6.10 Å². The molecular weight excluding hydrogens is 246 g/mol. The minimum Gasteiger partial charge on any atom is -0.377 e. The van der Waals surface area contributed by atoms with Crippen LogP contribution in [0, 0.1) is 5.92 Å². The number of hydrogen-bond donors (Lipinski definition) is 1. The maximum atomic E-state index is 12.2. The molecule has 1 heterocycles. The van der Waals surface area contributed by atoms with Crippen molar-refractivity contribution in [2.24, 2.45) is 5.92 Å². The van der Waals surface area contributed by atoms with Crippen LogP contribution in [-0.4, -0.2) is 41.0 Å². The van der Waals surface area contributed by atoms with Crippen LogP contribution in [0.1, 0.15) is 45.4 Å². The predicted octanol–water partition coefficient (Wildman–Crippen LogP) is 2.08. The molecule has 0 aromatic rings. The first-order valence-corrected chi connectivity index (χ1v) is 8.98. The summed E-state index contributed by atoms with van der Waals surface area (Å²) in [5, 5.41) is 3.55. The van der Waals surface area contributed by atoms with Gasteiger partial charge in [-0.25, -0.2) is 0 Å². The maximum Gasteiger partial charge on any atom is 0.0691 e. The molecule has 0 aromatic heterocycles. The third kappa shape index (κ3) is 4.32. The molecule has 18 heavy (non-hydrogen) atoms. The Morgan fingerprint density at radius 2 is 2.06 bits per heavy atom. The van der Waals surface area contributed by atoms with Gasteiger partial charge in [-0.2, -0.15) is 0 Å². The third-order valence-electron chi connectivity index (χ3n) is 4.20. The molecule has 4 heteroatoms. The van der Waals surface area contributed by atoms with Gasteiger partial charge in [-0.05, 0) is 38.1 Å². The minimum atomic E-state index is -0.725. The van der Waals surface area contributed by atoms with Gasteiger partial charge in [0.15, 0.2) is 0 Å². The number of nitrogens with one attached hydrogen (secondary N) is 1. The Morgan fingerprint density at radius 3 is 2.67 bits per heavy atom. The molecule has 0 radical (unpaired) electrons. The molecule has 0 amide bonds. The summed E-state index contributed by atoms with van der Waals surface area (Å²) in [6, 6.07) is 0.458. The van der Waals surface area contributed by atoms with Gasteiger partial charge in [0, 0.05) is 35.0 Å². The van der Waals surface area contributed by atoms with E-state index < -0.39 is 10.8 Å². The second-order valence-electron chi connectivity index (χ2n) is 5.62. The van der Waals surface area contributed by atoms with Gasteiger partial charge in [0.2, 0.25) is 0 Å². The zero-order valence-electron chi connectivity index (χ0n) is 11.5. The molecule has 3 nitrogen and oxygen atoms in total. The van der Waals surface area contributed by atoms with Gasteiger partial charge in [0.1, 0.15) is 0 Å². The smallest absolute Gasteiger partial charge is 0.0691 e. The van der Waals surface area contributed by atoms with E-state index in [1.54, 1.807) is 0 Å². The average molecular weight is 273 g/mol. The number of ether oxygens (including phenoxy) is 1. The van der Waals surface area contributed by atoms with Crippen molar-refractivity contribution in [2.45, 2.75) is 57.6 Å². The second kappa shape index (κ2) is 7.61. The van der Waals surface area contributed by atoms with E-state index in [9.17, 15) is 4.21 Å². The summed E-state index contributed by atoms with van der Waals surface area (Å²) >= 11 is 0. The standard InChI is InChI=1S/C14H27NO2S/c1-2-15-14(12-6-3-4-7-12)11-18(16)10-13-8-5-9-17-13/h12-15H,2-11H2,1H3. The summed E-state index contributed by atoms with van der Waals surface area (Å²) in [5.74, 6) is 2.31. The van der Waals surface area contributed by atoms with Crippen LogP contribution in [0.4, 0.5) is 0 Å². The summed E-state index contributed by atoms with van der Waals surface area (Å²) in [4.78, 5) is 0. The fourth-order valence-corrected chi connectivity index (χ4v) is 4.84. The molecule has 106 valence electrons. The lowest BCUT2D eigenvalue weighted by Crippen LogP contribution is -2.40. The van der Waals surface area contributed by atoms with Crippen LogP contribution in [0.3, 0.4) is 0 Å². The molecule has 1 aliphatic carbocycles. The second-order valence-corrected chi connectivity index (χ2v) is 7.16. The van der Waals surface area contributed by atoms with Crippen molar-refractivity contribution in [1.29, 1.82) is 0 Å². The Balaban J connectivity index is 1.77. The van der Waals surface area contributed by atoms with E-state index in [0.29, 0.717) is 6.04 Å². The Bertz CT molecular complexity index is 261. The van der Waals surface area contributed by atoms with Gasteiger partial charge >= 0.3 is 0 Å². The van der Waals surface area contributed by atoms with Crippen molar-refractivity contribution >= 4 is 10.8 Å². The molecule has 3 unspecified atom stereocenters. The lowest BCUT2D eigenvalue weighted by Gasteiger charge is -2.24. The lowest BCUT2D eigenvalue weighted by atomic mass is 10.00. The summed E-state index contributed by atoms with van der Waals surface area (Å²) in [5.41, 5.74) is 0. The normalized spacial score (nSPS) is 28.6. The largest absolute Gasteiger partial charge is 0.377 e. The fourth-order valence-electron chi connectivity index (χ4n) is 3.24. The van der Waals surface area contributed by atoms with Crippen LogP contribution in [0.5, 0.6) is 0 Å². The van der Waals surface area contributed by atoms with Crippen molar-refractivity contribution in [3.8, 4) is 0 Å². The van der Waals surface area contributed by atoms with E-state index >= 15 is 0 Å². The zero-order valence-corrected chi connectivity index (χ0v) is 12.3. The first-order chi connectivity index (χ1) is 8.79. The molecule has 0 spiro atoms. The van der Waals surface area contributed by atoms with E-state index in [1.165, 1.54) is 25.7 Å². The molecule has 0 aromatic carbocycles. The molecule has 1 saturated heterocycles. The van der Waals surface area contributed by atoms with E-state index in [4.69, 9.17) is 4.74 Å². The van der Waals surface area contributed by atoms with Gasteiger partial charge in [0.05, 0.1) is 6.10 Å². The van der Waals surface area contributed by atoms with Crippen molar-refractivity contribution in [3.05, 3.63) is 0 Å². The van der Waals surface area contributed by atoms with Gasteiger partial charge in [-0.3, -0.25) is 4.21 Å². The topological polar surface area (TPSA) is 38.3 Å². The van der Waals surface area contributed by atoms with Crippen LogP contribution in [-0.2, 0) is 15.5 Å². The molecular formula is C14H27NO2S. The highest BCUT2D eigenvalue weighted by Crippen LogP contribution is 2.28. The van der Waals surface area contributed by atoms with E-state index in [1.807, 2.05) is 0 Å². The lowest BCUT2D eigenvalue weighted by molar-refractivity contribution is 0.128. The Labute approximate surface area is 114 Å². The molecule has 0 bridgehead atoms.